The molecule has 0 saturated carbocycles. The zero-order valence-electron chi connectivity index (χ0n) is 8.36. The van der Waals surface area contributed by atoms with Gasteiger partial charge in [-0.05, 0) is 31.2 Å². The van der Waals surface area contributed by atoms with Gasteiger partial charge in [0.2, 0.25) is 5.91 Å². The van der Waals surface area contributed by atoms with Gasteiger partial charge in [-0.1, -0.05) is 0 Å². The Morgan fingerprint density at radius 2 is 1.80 bits per heavy atom. The summed E-state index contributed by atoms with van der Waals surface area (Å²) in [5.41, 5.74) is 11.5. The molecule has 0 aromatic heterocycles. The van der Waals surface area contributed by atoms with Crippen LogP contribution in [0.25, 0.3) is 0 Å². The molecule has 0 heterocycles. The van der Waals surface area contributed by atoms with Gasteiger partial charge in [0.25, 0.3) is 5.91 Å². The molecule has 1 atom stereocenters. The lowest BCUT2D eigenvalue weighted by Crippen LogP contribution is -2.42. The quantitative estimate of drug-likeness (QED) is 0.602. The number of hydrogen-bond acceptors (Lipinski definition) is 3. The van der Waals surface area contributed by atoms with Crippen molar-refractivity contribution in [1.82, 2.24) is 5.32 Å². The number of hydrogen-bond donors (Lipinski definition) is 3. The lowest BCUT2D eigenvalue weighted by atomic mass is 10.2. The van der Waals surface area contributed by atoms with Gasteiger partial charge in [-0.25, -0.2) is 0 Å². The molecular formula is C10H13N3O2. The molecule has 80 valence electrons. The van der Waals surface area contributed by atoms with Gasteiger partial charge in [0.1, 0.15) is 6.04 Å². The molecule has 5 nitrogen and oxygen atoms in total. The van der Waals surface area contributed by atoms with Crippen molar-refractivity contribution in [3.8, 4) is 0 Å². The van der Waals surface area contributed by atoms with Gasteiger partial charge in [-0.2, -0.15) is 0 Å². The highest BCUT2D eigenvalue weighted by molar-refractivity contribution is 5.97. The second-order valence-electron chi connectivity index (χ2n) is 3.22. The Balaban J connectivity index is 2.69. The topological polar surface area (TPSA) is 98.2 Å². The molecule has 5 heteroatoms. The second-order valence-corrected chi connectivity index (χ2v) is 3.22. The van der Waals surface area contributed by atoms with Gasteiger partial charge < -0.3 is 16.8 Å². The average Bonchev–Trinajstić information content (AvgIpc) is 2.18. The van der Waals surface area contributed by atoms with Crippen LogP contribution >= 0.6 is 0 Å². The Bertz CT molecular complexity index is 373. The fraction of sp³-hybridized carbons (Fsp3) is 0.200. The Kier molecular flexibility index (Phi) is 3.28. The number of nitrogens with two attached hydrogens (primary N) is 2. The fourth-order valence-electron chi connectivity index (χ4n) is 0.986. The summed E-state index contributed by atoms with van der Waals surface area (Å²) in [5.74, 6) is -0.917. The summed E-state index contributed by atoms with van der Waals surface area (Å²) in [6.45, 7) is 1.53. The van der Waals surface area contributed by atoms with E-state index in [2.05, 4.69) is 5.32 Å². The van der Waals surface area contributed by atoms with E-state index in [4.69, 9.17) is 11.5 Å². The first-order chi connectivity index (χ1) is 7.00. The summed E-state index contributed by atoms with van der Waals surface area (Å²) in [5, 5.41) is 2.46. The van der Waals surface area contributed by atoms with Gasteiger partial charge >= 0.3 is 0 Å². The second kappa shape index (κ2) is 4.45. The van der Waals surface area contributed by atoms with Crippen molar-refractivity contribution in [3.63, 3.8) is 0 Å². The normalized spacial score (nSPS) is 11.8. The molecule has 0 radical (unpaired) electrons. The Morgan fingerprint density at radius 1 is 1.27 bits per heavy atom. The molecule has 5 N–H and O–H groups in total. The standard InChI is InChI=1S/C10H13N3O2/c1-6(9(12)14)13-10(15)7-2-4-8(11)5-3-7/h2-6H,11H2,1H3,(H2,12,14)(H,13,15). The first-order valence-electron chi connectivity index (χ1n) is 4.46. The molecule has 0 aliphatic heterocycles. The first-order valence-corrected chi connectivity index (χ1v) is 4.46. The molecule has 0 fully saturated rings. The number of rotatable bonds is 3. The summed E-state index contributed by atoms with van der Waals surface area (Å²) in [6, 6.07) is 5.71. The minimum Gasteiger partial charge on any atom is -0.399 e. The van der Waals surface area contributed by atoms with Crippen molar-refractivity contribution in [2.24, 2.45) is 5.73 Å². The minimum atomic E-state index is -0.685. The van der Waals surface area contributed by atoms with Gasteiger partial charge in [0.15, 0.2) is 0 Å². The Morgan fingerprint density at radius 3 is 2.27 bits per heavy atom. The predicted octanol–water partition coefficient (Wildman–Crippen LogP) is -0.128. The number of nitrogens with one attached hydrogen (secondary N) is 1. The number of primary amides is 1. The average molecular weight is 207 g/mol. The molecule has 1 unspecified atom stereocenters. The number of anilines is 1. The number of amides is 2. The predicted molar refractivity (Wildman–Crippen MR) is 57.0 cm³/mol. The van der Waals surface area contributed by atoms with E-state index in [9.17, 15) is 9.59 Å². The van der Waals surface area contributed by atoms with E-state index in [1.807, 2.05) is 0 Å². The maximum Gasteiger partial charge on any atom is 0.251 e. The van der Waals surface area contributed by atoms with Gasteiger partial charge in [-0.15, -0.1) is 0 Å². The molecule has 1 rings (SSSR count). The van der Waals surface area contributed by atoms with Crippen LogP contribution in [0.5, 0.6) is 0 Å². The Hall–Kier alpha value is -2.04. The van der Waals surface area contributed by atoms with Crippen LogP contribution in [0, 0.1) is 0 Å². The first kappa shape index (κ1) is 11.0. The molecule has 0 aliphatic carbocycles. The maximum atomic E-state index is 11.5. The molecule has 0 bridgehead atoms. The van der Waals surface area contributed by atoms with Crippen LogP contribution in [-0.4, -0.2) is 17.9 Å². The zero-order chi connectivity index (χ0) is 11.4. The molecule has 0 aliphatic rings. The fourth-order valence-corrected chi connectivity index (χ4v) is 0.986. The van der Waals surface area contributed by atoms with Crippen molar-refractivity contribution >= 4 is 17.5 Å². The zero-order valence-corrected chi connectivity index (χ0v) is 8.36. The SMILES string of the molecule is CC(NC(=O)c1ccc(N)cc1)C(N)=O. The van der Waals surface area contributed by atoms with Gasteiger partial charge in [-0.3, -0.25) is 9.59 Å². The van der Waals surface area contributed by atoms with E-state index < -0.39 is 11.9 Å². The summed E-state index contributed by atoms with van der Waals surface area (Å²) in [6.07, 6.45) is 0. The molecule has 0 saturated heterocycles. The van der Waals surface area contributed by atoms with Crippen molar-refractivity contribution in [2.75, 3.05) is 5.73 Å². The Labute approximate surface area is 87.4 Å². The highest BCUT2D eigenvalue weighted by Crippen LogP contribution is 2.05. The lowest BCUT2D eigenvalue weighted by molar-refractivity contribution is -0.119. The van der Waals surface area contributed by atoms with Crippen molar-refractivity contribution in [1.29, 1.82) is 0 Å². The van der Waals surface area contributed by atoms with Crippen molar-refractivity contribution in [3.05, 3.63) is 29.8 Å². The van der Waals surface area contributed by atoms with Gasteiger partial charge in [0.05, 0.1) is 0 Å². The summed E-state index contributed by atoms with van der Waals surface area (Å²) < 4.78 is 0. The van der Waals surface area contributed by atoms with E-state index in [-0.39, 0.29) is 5.91 Å². The molecular weight excluding hydrogens is 194 g/mol. The highest BCUT2D eigenvalue weighted by Gasteiger charge is 2.13. The van der Waals surface area contributed by atoms with Crippen LogP contribution in [0.2, 0.25) is 0 Å². The smallest absolute Gasteiger partial charge is 0.251 e. The molecule has 1 aromatic rings. The van der Waals surface area contributed by atoms with E-state index >= 15 is 0 Å². The third-order valence-electron chi connectivity index (χ3n) is 1.95. The van der Waals surface area contributed by atoms with E-state index in [0.717, 1.165) is 0 Å². The number of carbonyl (C=O) groups is 2. The molecule has 1 aromatic carbocycles. The molecule has 15 heavy (non-hydrogen) atoms. The van der Waals surface area contributed by atoms with Gasteiger partial charge in [0, 0.05) is 11.3 Å². The number of carbonyl (C=O) groups excluding carboxylic acids is 2. The van der Waals surface area contributed by atoms with E-state index in [0.29, 0.717) is 11.3 Å². The summed E-state index contributed by atoms with van der Waals surface area (Å²) in [7, 11) is 0. The molecule has 2 amide bonds. The summed E-state index contributed by atoms with van der Waals surface area (Å²) >= 11 is 0. The van der Waals surface area contributed by atoms with Crippen molar-refractivity contribution in [2.45, 2.75) is 13.0 Å². The number of benzene rings is 1. The minimum absolute atomic E-state index is 0.346. The van der Waals surface area contributed by atoms with Crippen LogP contribution in [0.1, 0.15) is 17.3 Å². The van der Waals surface area contributed by atoms with Crippen LogP contribution in [0.3, 0.4) is 0 Å². The monoisotopic (exact) mass is 207 g/mol. The third kappa shape index (κ3) is 2.98. The van der Waals surface area contributed by atoms with E-state index in [1.54, 1.807) is 24.3 Å². The van der Waals surface area contributed by atoms with Crippen molar-refractivity contribution < 1.29 is 9.59 Å². The molecule has 0 spiro atoms. The largest absolute Gasteiger partial charge is 0.399 e. The third-order valence-corrected chi connectivity index (χ3v) is 1.95. The number of nitrogen functional groups attached to an aromatic ring is 1. The summed E-state index contributed by atoms with van der Waals surface area (Å²) in [4.78, 5) is 22.2. The van der Waals surface area contributed by atoms with Crippen LogP contribution in [0.15, 0.2) is 24.3 Å². The highest BCUT2D eigenvalue weighted by atomic mass is 16.2. The van der Waals surface area contributed by atoms with Crippen LogP contribution < -0.4 is 16.8 Å². The van der Waals surface area contributed by atoms with Crippen LogP contribution in [0.4, 0.5) is 5.69 Å². The maximum absolute atomic E-state index is 11.5. The van der Waals surface area contributed by atoms with E-state index in [1.165, 1.54) is 6.92 Å². The lowest BCUT2D eigenvalue weighted by Gasteiger charge is -2.09. The van der Waals surface area contributed by atoms with Crippen LogP contribution in [-0.2, 0) is 4.79 Å².